The zero-order chi connectivity index (χ0) is 20.6. The van der Waals surface area contributed by atoms with Crippen LogP contribution < -0.4 is 10.1 Å². The predicted molar refractivity (Wildman–Crippen MR) is 116 cm³/mol. The van der Waals surface area contributed by atoms with Gasteiger partial charge < -0.3 is 10.1 Å². The fourth-order valence-corrected chi connectivity index (χ4v) is 2.95. The number of hydrogen-bond donors (Lipinski definition) is 1. The third kappa shape index (κ3) is 6.01. The molecule has 0 aliphatic rings. The summed E-state index contributed by atoms with van der Waals surface area (Å²) in [5.41, 5.74) is 4.63. The Hall–Kier alpha value is -3.47. The van der Waals surface area contributed by atoms with Crippen LogP contribution in [0.4, 0.5) is 17.1 Å². The first-order chi connectivity index (χ1) is 14.0. The zero-order valence-electron chi connectivity index (χ0n) is 16.9. The van der Waals surface area contributed by atoms with Crippen molar-refractivity contribution in [2.75, 3.05) is 11.9 Å². The quantitative estimate of drug-likeness (QED) is 0.467. The summed E-state index contributed by atoms with van der Waals surface area (Å²) in [6, 6.07) is 22.6. The van der Waals surface area contributed by atoms with Crippen LogP contribution in [0.15, 0.2) is 83.0 Å². The molecule has 0 spiro atoms. The highest BCUT2D eigenvalue weighted by Crippen LogP contribution is 2.24. The van der Waals surface area contributed by atoms with Gasteiger partial charge >= 0.3 is 0 Å². The van der Waals surface area contributed by atoms with Crippen molar-refractivity contribution in [1.29, 1.82) is 0 Å². The Morgan fingerprint density at radius 1 is 0.931 bits per heavy atom. The van der Waals surface area contributed by atoms with Gasteiger partial charge in [0.15, 0.2) is 6.61 Å². The minimum absolute atomic E-state index is 0.0457. The molecule has 148 valence electrons. The van der Waals surface area contributed by atoms with Crippen LogP contribution in [0.25, 0.3) is 0 Å². The van der Waals surface area contributed by atoms with Crippen LogP contribution in [0, 0.1) is 6.92 Å². The molecule has 0 aliphatic carbocycles. The molecule has 1 N–H and O–H groups in total. The summed E-state index contributed by atoms with van der Waals surface area (Å²) >= 11 is 0. The van der Waals surface area contributed by atoms with Crippen molar-refractivity contribution in [2.24, 2.45) is 10.2 Å². The number of aryl methyl sites for hydroxylation is 1. The lowest BCUT2D eigenvalue weighted by Crippen LogP contribution is -2.20. The third-order valence-corrected chi connectivity index (χ3v) is 4.42. The summed E-state index contributed by atoms with van der Waals surface area (Å²) < 4.78 is 5.62. The molecular weight excluding hydrogens is 362 g/mol. The SMILES string of the molecule is Cc1cc(OCC(=O)Nc2ccc(N=Nc3ccccc3)cc2)ccc1C(C)C. The van der Waals surface area contributed by atoms with Gasteiger partial charge in [0, 0.05) is 5.69 Å². The van der Waals surface area contributed by atoms with Gasteiger partial charge in [0.25, 0.3) is 5.91 Å². The number of nitrogens with one attached hydrogen (secondary N) is 1. The Morgan fingerprint density at radius 2 is 1.59 bits per heavy atom. The van der Waals surface area contributed by atoms with Crippen molar-refractivity contribution in [3.63, 3.8) is 0 Å². The summed E-state index contributed by atoms with van der Waals surface area (Å²) in [6.45, 7) is 6.32. The number of hydrogen-bond acceptors (Lipinski definition) is 4. The Balaban J connectivity index is 1.52. The molecule has 3 aromatic rings. The topological polar surface area (TPSA) is 63.0 Å². The van der Waals surface area contributed by atoms with E-state index in [1.54, 1.807) is 24.3 Å². The number of azo groups is 1. The third-order valence-electron chi connectivity index (χ3n) is 4.42. The Kier molecular flexibility index (Phi) is 6.74. The highest BCUT2D eigenvalue weighted by molar-refractivity contribution is 5.92. The van der Waals surface area contributed by atoms with Crippen molar-refractivity contribution >= 4 is 23.0 Å². The molecule has 0 aliphatic heterocycles. The smallest absolute Gasteiger partial charge is 0.262 e. The van der Waals surface area contributed by atoms with Crippen LogP contribution in [-0.4, -0.2) is 12.5 Å². The molecule has 5 nitrogen and oxygen atoms in total. The summed E-state index contributed by atoms with van der Waals surface area (Å²) in [4.78, 5) is 12.2. The molecule has 3 rings (SSSR count). The van der Waals surface area contributed by atoms with Crippen LogP contribution >= 0.6 is 0 Å². The van der Waals surface area contributed by atoms with Gasteiger partial charge in [0.2, 0.25) is 0 Å². The maximum Gasteiger partial charge on any atom is 0.262 e. The number of anilines is 1. The Bertz CT molecular complexity index is 981. The summed E-state index contributed by atoms with van der Waals surface area (Å²) in [7, 11) is 0. The van der Waals surface area contributed by atoms with Gasteiger partial charge in [-0.05, 0) is 72.5 Å². The molecule has 0 radical (unpaired) electrons. The second-order valence-electron chi connectivity index (χ2n) is 7.09. The van der Waals surface area contributed by atoms with Crippen molar-refractivity contribution in [1.82, 2.24) is 0 Å². The largest absolute Gasteiger partial charge is 0.484 e. The van der Waals surface area contributed by atoms with Crippen LogP contribution in [0.5, 0.6) is 5.75 Å². The van der Waals surface area contributed by atoms with Crippen molar-refractivity contribution < 1.29 is 9.53 Å². The normalized spacial score (nSPS) is 11.0. The van der Waals surface area contributed by atoms with Gasteiger partial charge in [-0.15, -0.1) is 0 Å². The molecule has 0 saturated heterocycles. The molecule has 0 aromatic heterocycles. The van der Waals surface area contributed by atoms with Crippen LogP contribution in [0.3, 0.4) is 0 Å². The first-order valence-electron chi connectivity index (χ1n) is 9.61. The number of amides is 1. The fourth-order valence-electron chi connectivity index (χ4n) is 2.95. The molecule has 1 amide bonds. The van der Waals surface area contributed by atoms with Crippen molar-refractivity contribution in [3.05, 3.63) is 83.9 Å². The van der Waals surface area contributed by atoms with E-state index in [4.69, 9.17) is 4.74 Å². The standard InChI is InChI=1S/C24H25N3O2/c1-17(2)23-14-13-22(15-18(23)3)29-16-24(28)25-19-9-11-21(12-10-19)27-26-20-7-5-4-6-8-20/h4-15,17H,16H2,1-3H3,(H,25,28). The number of carbonyl (C=O) groups excluding carboxylic acids is 1. The second-order valence-corrected chi connectivity index (χ2v) is 7.09. The van der Waals surface area contributed by atoms with Gasteiger partial charge in [0.05, 0.1) is 11.4 Å². The first kappa shape index (κ1) is 20.3. The minimum Gasteiger partial charge on any atom is -0.484 e. The van der Waals surface area contributed by atoms with E-state index in [2.05, 4.69) is 42.4 Å². The molecule has 0 saturated carbocycles. The van der Waals surface area contributed by atoms with E-state index in [9.17, 15) is 4.79 Å². The molecule has 0 fully saturated rings. The summed E-state index contributed by atoms with van der Waals surface area (Å²) in [5, 5.41) is 11.2. The van der Waals surface area contributed by atoms with E-state index in [1.165, 1.54) is 5.56 Å². The first-order valence-corrected chi connectivity index (χ1v) is 9.61. The average molecular weight is 387 g/mol. The van der Waals surface area contributed by atoms with Crippen LogP contribution in [-0.2, 0) is 4.79 Å². The maximum absolute atomic E-state index is 12.2. The van der Waals surface area contributed by atoms with E-state index in [0.29, 0.717) is 23.0 Å². The van der Waals surface area contributed by atoms with E-state index in [1.807, 2.05) is 42.5 Å². The maximum atomic E-state index is 12.2. The molecule has 0 atom stereocenters. The number of ether oxygens (including phenoxy) is 1. The molecule has 0 heterocycles. The van der Waals surface area contributed by atoms with Gasteiger partial charge in [-0.25, -0.2) is 0 Å². The molecule has 0 unspecified atom stereocenters. The number of nitrogens with zero attached hydrogens (tertiary/aromatic N) is 2. The average Bonchev–Trinajstić information content (AvgIpc) is 2.72. The number of carbonyl (C=O) groups is 1. The number of benzene rings is 3. The molecule has 29 heavy (non-hydrogen) atoms. The van der Waals surface area contributed by atoms with Crippen molar-refractivity contribution in [2.45, 2.75) is 26.7 Å². The Morgan fingerprint density at radius 3 is 2.21 bits per heavy atom. The lowest BCUT2D eigenvalue weighted by Gasteiger charge is -2.12. The zero-order valence-corrected chi connectivity index (χ0v) is 16.9. The van der Waals surface area contributed by atoms with Gasteiger partial charge in [0.1, 0.15) is 5.75 Å². The molecule has 5 heteroatoms. The van der Waals surface area contributed by atoms with E-state index >= 15 is 0 Å². The lowest BCUT2D eigenvalue weighted by molar-refractivity contribution is -0.118. The molecule has 0 bridgehead atoms. The predicted octanol–water partition coefficient (Wildman–Crippen LogP) is 6.55. The fraction of sp³-hybridized carbons (Fsp3) is 0.208. The molecule has 3 aromatic carbocycles. The summed E-state index contributed by atoms with van der Waals surface area (Å²) in [6.07, 6.45) is 0. The van der Waals surface area contributed by atoms with E-state index in [0.717, 1.165) is 11.3 Å². The highest BCUT2D eigenvalue weighted by Gasteiger charge is 2.07. The van der Waals surface area contributed by atoms with Gasteiger partial charge in [-0.2, -0.15) is 10.2 Å². The highest BCUT2D eigenvalue weighted by atomic mass is 16.5. The van der Waals surface area contributed by atoms with Gasteiger partial charge in [-0.1, -0.05) is 38.1 Å². The Labute approximate surface area is 171 Å². The van der Waals surface area contributed by atoms with E-state index in [-0.39, 0.29) is 12.5 Å². The molecular formula is C24H25N3O2. The van der Waals surface area contributed by atoms with E-state index < -0.39 is 0 Å². The number of rotatable bonds is 7. The minimum atomic E-state index is -0.214. The van der Waals surface area contributed by atoms with Crippen LogP contribution in [0.1, 0.15) is 30.9 Å². The monoisotopic (exact) mass is 387 g/mol. The van der Waals surface area contributed by atoms with Gasteiger partial charge in [-0.3, -0.25) is 4.79 Å². The summed E-state index contributed by atoms with van der Waals surface area (Å²) in [5.74, 6) is 0.940. The lowest BCUT2D eigenvalue weighted by atomic mass is 9.98. The van der Waals surface area contributed by atoms with Crippen LogP contribution in [0.2, 0.25) is 0 Å². The van der Waals surface area contributed by atoms with Crippen molar-refractivity contribution in [3.8, 4) is 5.75 Å². The second kappa shape index (κ2) is 9.64.